The minimum Gasteiger partial charge on any atom is -0.481 e. The Hall–Kier alpha value is -2.57. The van der Waals surface area contributed by atoms with E-state index in [9.17, 15) is 19.5 Å². The molecule has 0 unspecified atom stereocenters. The number of carbonyl (C=O) groups excluding carboxylic acids is 2. The molecule has 0 bridgehead atoms. The summed E-state index contributed by atoms with van der Waals surface area (Å²) in [4.78, 5) is 37.9. The van der Waals surface area contributed by atoms with Crippen LogP contribution < -0.4 is 5.32 Å². The van der Waals surface area contributed by atoms with E-state index in [2.05, 4.69) is 5.32 Å². The number of para-hydroxylation sites is 1. The van der Waals surface area contributed by atoms with Crippen LogP contribution in [-0.4, -0.2) is 47.7 Å². The molecule has 25 heavy (non-hydrogen) atoms. The number of nitrogens with one attached hydrogen (secondary N) is 1. The van der Waals surface area contributed by atoms with E-state index in [0.29, 0.717) is 18.7 Å². The summed E-state index contributed by atoms with van der Waals surface area (Å²) in [5.41, 5.74) is -0.171. The summed E-state index contributed by atoms with van der Waals surface area (Å²) in [5.74, 6) is -1.33. The molecule has 1 saturated heterocycles. The molecule has 2 aliphatic rings. The largest absolute Gasteiger partial charge is 0.481 e. The van der Waals surface area contributed by atoms with E-state index in [1.165, 1.54) is 0 Å². The number of benzene rings is 1. The molecular formula is C18H22N2O5. The molecule has 0 spiro atoms. The second-order valence-electron chi connectivity index (χ2n) is 6.63. The Morgan fingerprint density at radius 2 is 2.12 bits per heavy atom. The lowest BCUT2D eigenvalue weighted by atomic mass is 9.81. The van der Waals surface area contributed by atoms with Gasteiger partial charge in [0.25, 0.3) is 0 Å². The van der Waals surface area contributed by atoms with Crippen LogP contribution in [0.2, 0.25) is 0 Å². The third-order valence-corrected chi connectivity index (χ3v) is 5.25. The number of aliphatic carboxylic acids is 1. The Kier molecular flexibility index (Phi) is 4.65. The van der Waals surface area contributed by atoms with Crippen molar-refractivity contribution >= 4 is 23.7 Å². The van der Waals surface area contributed by atoms with E-state index >= 15 is 0 Å². The number of rotatable bonds is 4. The molecule has 3 rings (SSSR count). The van der Waals surface area contributed by atoms with Crippen LogP contribution in [0.5, 0.6) is 0 Å². The van der Waals surface area contributed by atoms with Crippen LogP contribution in [0.1, 0.15) is 36.5 Å². The third kappa shape index (κ3) is 3.06. The van der Waals surface area contributed by atoms with Gasteiger partial charge >= 0.3 is 18.0 Å². The Balaban J connectivity index is 1.74. The first kappa shape index (κ1) is 17.3. The zero-order chi connectivity index (χ0) is 18.0. The number of carboxylic acids is 1. The zero-order valence-corrected chi connectivity index (χ0v) is 14.2. The van der Waals surface area contributed by atoms with Gasteiger partial charge in [-0.1, -0.05) is 18.6 Å². The molecule has 2 N–H and O–H groups in total. The molecule has 1 aromatic rings. The summed E-state index contributed by atoms with van der Waals surface area (Å²) >= 11 is 0. The number of fused-ring (bicyclic) bond motifs is 1. The van der Waals surface area contributed by atoms with Crippen LogP contribution in [0.4, 0.5) is 10.5 Å². The third-order valence-electron chi connectivity index (χ3n) is 5.25. The predicted octanol–water partition coefficient (Wildman–Crippen LogP) is 2.58. The van der Waals surface area contributed by atoms with Crippen molar-refractivity contribution < 1.29 is 24.2 Å². The fraction of sp³-hybridized carbons (Fsp3) is 0.500. The van der Waals surface area contributed by atoms with Gasteiger partial charge in [0.1, 0.15) is 0 Å². The first-order valence-corrected chi connectivity index (χ1v) is 8.53. The van der Waals surface area contributed by atoms with Crippen LogP contribution >= 0.6 is 0 Å². The van der Waals surface area contributed by atoms with Gasteiger partial charge in [0.05, 0.1) is 23.3 Å². The van der Waals surface area contributed by atoms with Gasteiger partial charge in [0, 0.05) is 13.1 Å². The van der Waals surface area contributed by atoms with Crippen molar-refractivity contribution in [2.24, 2.45) is 11.3 Å². The average Bonchev–Trinajstić information content (AvgIpc) is 3.13. The maximum Gasteiger partial charge on any atom is 0.340 e. The van der Waals surface area contributed by atoms with Crippen LogP contribution in [0.3, 0.4) is 0 Å². The van der Waals surface area contributed by atoms with Gasteiger partial charge < -0.3 is 20.1 Å². The number of ether oxygens (including phenoxy) is 1. The number of anilines is 1. The number of esters is 1. The van der Waals surface area contributed by atoms with Gasteiger partial charge in [0.15, 0.2) is 0 Å². The van der Waals surface area contributed by atoms with Crippen molar-refractivity contribution in [3.8, 4) is 0 Å². The van der Waals surface area contributed by atoms with E-state index in [1.807, 2.05) is 0 Å². The van der Waals surface area contributed by atoms with E-state index in [0.717, 1.165) is 12.8 Å². The minimum atomic E-state index is -0.822. The maximum absolute atomic E-state index is 12.6. The highest BCUT2D eigenvalue weighted by Crippen LogP contribution is 2.48. The Labute approximate surface area is 146 Å². The number of carboxylic acid groups (broad SMARTS) is 1. The number of hydrogen-bond donors (Lipinski definition) is 2. The number of urea groups is 1. The second kappa shape index (κ2) is 6.74. The lowest BCUT2D eigenvalue weighted by Gasteiger charge is -2.23. The van der Waals surface area contributed by atoms with Gasteiger partial charge in [0.2, 0.25) is 0 Å². The molecule has 7 heteroatoms. The lowest BCUT2D eigenvalue weighted by Crippen LogP contribution is -2.38. The average molecular weight is 346 g/mol. The van der Waals surface area contributed by atoms with E-state index < -0.39 is 17.4 Å². The predicted molar refractivity (Wildman–Crippen MR) is 90.4 cm³/mol. The summed E-state index contributed by atoms with van der Waals surface area (Å²) in [6.45, 7) is 2.60. The Morgan fingerprint density at radius 3 is 2.80 bits per heavy atom. The summed E-state index contributed by atoms with van der Waals surface area (Å²) in [5, 5.41) is 12.4. The number of likely N-dealkylation sites (tertiary alicyclic amines) is 1. The molecule has 1 aliphatic carbocycles. The quantitative estimate of drug-likeness (QED) is 0.817. The van der Waals surface area contributed by atoms with Crippen LogP contribution in [0.25, 0.3) is 0 Å². The van der Waals surface area contributed by atoms with Gasteiger partial charge in [-0.15, -0.1) is 0 Å². The number of amides is 2. The van der Waals surface area contributed by atoms with Gasteiger partial charge in [-0.3, -0.25) is 4.79 Å². The normalized spacial score (nSPS) is 24.7. The van der Waals surface area contributed by atoms with E-state index in [4.69, 9.17) is 4.74 Å². The smallest absolute Gasteiger partial charge is 0.340 e. The summed E-state index contributed by atoms with van der Waals surface area (Å²) in [6, 6.07) is 6.25. The maximum atomic E-state index is 12.6. The van der Waals surface area contributed by atoms with Crippen LogP contribution in [-0.2, 0) is 9.53 Å². The minimum absolute atomic E-state index is 0.00366. The van der Waals surface area contributed by atoms with Crippen molar-refractivity contribution in [2.45, 2.75) is 26.2 Å². The number of nitrogens with zero attached hydrogens (tertiary/aromatic N) is 1. The molecule has 1 aliphatic heterocycles. The van der Waals surface area contributed by atoms with Gasteiger partial charge in [-0.2, -0.15) is 0 Å². The molecule has 2 atom stereocenters. The highest BCUT2D eigenvalue weighted by Gasteiger charge is 2.55. The van der Waals surface area contributed by atoms with Crippen molar-refractivity contribution in [1.82, 2.24) is 4.90 Å². The molecule has 1 aromatic carbocycles. The molecular weight excluding hydrogens is 324 g/mol. The topological polar surface area (TPSA) is 95.9 Å². The van der Waals surface area contributed by atoms with Crippen molar-refractivity contribution in [2.75, 3.05) is 25.0 Å². The highest BCUT2D eigenvalue weighted by molar-refractivity contribution is 6.01. The molecule has 2 amide bonds. The first-order chi connectivity index (χ1) is 12.0. The standard InChI is InChI=1S/C18H22N2O5/c1-2-25-15(21)13-7-3-4-8-14(13)19-17(24)20-10-12-6-5-9-18(12,11-20)16(22)23/h3-4,7-8,12H,2,5-6,9-11H2,1H3,(H,19,24)(H,22,23)/t12-,18+/m0/s1. The van der Waals surface area contributed by atoms with Gasteiger partial charge in [-0.05, 0) is 37.8 Å². The monoisotopic (exact) mass is 346 g/mol. The molecule has 7 nitrogen and oxygen atoms in total. The zero-order valence-electron chi connectivity index (χ0n) is 14.2. The molecule has 0 radical (unpaired) electrons. The number of carbonyl (C=O) groups is 3. The molecule has 0 aromatic heterocycles. The molecule has 1 saturated carbocycles. The van der Waals surface area contributed by atoms with Gasteiger partial charge in [-0.25, -0.2) is 9.59 Å². The molecule has 2 fully saturated rings. The van der Waals surface area contributed by atoms with Crippen molar-refractivity contribution in [1.29, 1.82) is 0 Å². The fourth-order valence-electron chi connectivity index (χ4n) is 3.97. The second-order valence-corrected chi connectivity index (χ2v) is 6.63. The SMILES string of the molecule is CCOC(=O)c1ccccc1NC(=O)N1C[C@@H]2CCC[C@@]2(C(=O)O)C1. The Morgan fingerprint density at radius 1 is 1.36 bits per heavy atom. The van der Waals surface area contributed by atoms with Crippen molar-refractivity contribution in [3.63, 3.8) is 0 Å². The first-order valence-electron chi connectivity index (χ1n) is 8.53. The van der Waals surface area contributed by atoms with Crippen LogP contribution in [0, 0.1) is 11.3 Å². The van der Waals surface area contributed by atoms with Crippen LogP contribution in [0.15, 0.2) is 24.3 Å². The molecule has 134 valence electrons. The summed E-state index contributed by atoms with van der Waals surface area (Å²) in [7, 11) is 0. The number of hydrogen-bond acceptors (Lipinski definition) is 4. The summed E-state index contributed by atoms with van der Waals surface area (Å²) < 4.78 is 5.00. The lowest BCUT2D eigenvalue weighted by molar-refractivity contribution is -0.149. The van der Waals surface area contributed by atoms with Crippen molar-refractivity contribution in [3.05, 3.63) is 29.8 Å². The fourth-order valence-corrected chi connectivity index (χ4v) is 3.97. The molecule has 1 heterocycles. The highest BCUT2D eigenvalue weighted by atomic mass is 16.5. The summed E-state index contributed by atoms with van der Waals surface area (Å²) in [6.07, 6.45) is 2.32. The van der Waals surface area contributed by atoms with E-state index in [1.54, 1.807) is 36.1 Å². The van der Waals surface area contributed by atoms with E-state index in [-0.39, 0.29) is 30.7 Å². The Bertz CT molecular complexity index is 704.